The minimum atomic E-state index is -0.534. The van der Waals surface area contributed by atoms with Crippen molar-refractivity contribution in [3.8, 4) is 0 Å². The molecular weight excluding hydrogens is 388 g/mol. The Labute approximate surface area is 184 Å². The van der Waals surface area contributed by atoms with Gasteiger partial charge in [-0.25, -0.2) is 0 Å². The zero-order valence-corrected chi connectivity index (χ0v) is 19.3. The third-order valence-corrected chi connectivity index (χ3v) is 7.02. The lowest BCUT2D eigenvalue weighted by molar-refractivity contribution is -0.134. The fourth-order valence-electron chi connectivity index (χ4n) is 5.11. The van der Waals surface area contributed by atoms with E-state index in [1.807, 2.05) is 50.9 Å². The summed E-state index contributed by atoms with van der Waals surface area (Å²) in [6.45, 7) is 10.2. The molecule has 1 aromatic heterocycles. The highest BCUT2D eigenvalue weighted by Crippen LogP contribution is 2.42. The molecular formula is C25H34N4O2. The van der Waals surface area contributed by atoms with E-state index in [1.54, 1.807) is 4.57 Å². The maximum Gasteiger partial charge on any atom is 0.248 e. The van der Waals surface area contributed by atoms with Gasteiger partial charge in [0.05, 0.1) is 17.5 Å². The van der Waals surface area contributed by atoms with Crippen LogP contribution in [0.3, 0.4) is 0 Å². The molecule has 1 aliphatic carbocycles. The third kappa shape index (κ3) is 3.52. The Balaban J connectivity index is 1.81. The van der Waals surface area contributed by atoms with Crippen LogP contribution in [-0.4, -0.2) is 64.9 Å². The van der Waals surface area contributed by atoms with Crippen LogP contribution in [-0.2, 0) is 11.2 Å². The van der Waals surface area contributed by atoms with Gasteiger partial charge in [0.2, 0.25) is 11.8 Å². The van der Waals surface area contributed by atoms with Gasteiger partial charge >= 0.3 is 0 Å². The zero-order chi connectivity index (χ0) is 22.4. The van der Waals surface area contributed by atoms with Crippen LogP contribution in [0.4, 0.5) is 0 Å². The van der Waals surface area contributed by atoms with E-state index in [-0.39, 0.29) is 29.7 Å². The molecule has 0 saturated heterocycles. The van der Waals surface area contributed by atoms with Crippen LogP contribution < -0.4 is 5.73 Å². The Hall–Kier alpha value is -2.44. The average molecular weight is 423 g/mol. The van der Waals surface area contributed by atoms with E-state index in [4.69, 9.17) is 5.73 Å². The first kappa shape index (κ1) is 21.8. The number of aromatic nitrogens is 1. The average Bonchev–Trinajstić information content (AvgIpc) is 3.13. The lowest BCUT2D eigenvalue weighted by atomic mass is 9.79. The van der Waals surface area contributed by atoms with E-state index in [9.17, 15) is 9.59 Å². The molecule has 4 rings (SSSR count). The summed E-state index contributed by atoms with van der Waals surface area (Å²) in [5.41, 5.74) is 10.6. The Bertz CT molecular complexity index is 1050. The summed E-state index contributed by atoms with van der Waals surface area (Å²) in [6.07, 6.45) is 5.00. The van der Waals surface area contributed by atoms with Crippen LogP contribution in [0.25, 0.3) is 16.5 Å². The molecule has 1 amide bonds. The fraction of sp³-hybridized carbons (Fsp3) is 0.520. The Morgan fingerprint density at radius 2 is 1.94 bits per heavy atom. The van der Waals surface area contributed by atoms with Crippen molar-refractivity contribution >= 4 is 28.3 Å². The molecule has 2 aromatic rings. The summed E-state index contributed by atoms with van der Waals surface area (Å²) in [6, 6.07) is 5.81. The van der Waals surface area contributed by atoms with Gasteiger partial charge in [0.25, 0.3) is 0 Å². The number of carbonyl (C=O) groups excluding carboxylic acids is 2. The summed E-state index contributed by atoms with van der Waals surface area (Å²) in [5.74, 6) is 0.0534. The van der Waals surface area contributed by atoms with Crippen LogP contribution in [0.2, 0.25) is 0 Å². The van der Waals surface area contributed by atoms with E-state index in [0.29, 0.717) is 6.54 Å². The van der Waals surface area contributed by atoms with Crippen LogP contribution >= 0.6 is 0 Å². The van der Waals surface area contributed by atoms with Gasteiger partial charge in [0.1, 0.15) is 0 Å². The number of hydrogen-bond donors (Lipinski definition) is 1. The summed E-state index contributed by atoms with van der Waals surface area (Å²) < 4.78 is 1.75. The number of nitrogens with two attached hydrogens (primary N) is 1. The molecule has 31 heavy (non-hydrogen) atoms. The van der Waals surface area contributed by atoms with Crippen LogP contribution in [0.5, 0.6) is 0 Å². The van der Waals surface area contributed by atoms with E-state index in [1.165, 1.54) is 11.1 Å². The van der Waals surface area contributed by atoms with Gasteiger partial charge in [0, 0.05) is 37.3 Å². The molecule has 1 aromatic carbocycles. The predicted molar refractivity (Wildman–Crippen MR) is 125 cm³/mol. The van der Waals surface area contributed by atoms with Gasteiger partial charge in [-0.3, -0.25) is 19.1 Å². The zero-order valence-electron chi connectivity index (χ0n) is 19.3. The summed E-state index contributed by atoms with van der Waals surface area (Å²) in [4.78, 5) is 30.4. The maximum atomic E-state index is 13.1. The van der Waals surface area contributed by atoms with E-state index in [0.717, 1.165) is 36.0 Å². The Morgan fingerprint density at radius 3 is 2.58 bits per heavy atom. The minimum Gasteiger partial charge on any atom is -0.343 e. The largest absolute Gasteiger partial charge is 0.343 e. The number of nitrogens with zero attached hydrogens (tertiary/aromatic N) is 3. The number of likely N-dealkylation sites (N-methyl/N-ethyl adjacent to an activating group) is 1. The number of amides is 1. The second-order valence-electron chi connectivity index (χ2n) is 9.23. The second-order valence-corrected chi connectivity index (χ2v) is 9.23. The van der Waals surface area contributed by atoms with Crippen molar-refractivity contribution in [1.29, 1.82) is 0 Å². The van der Waals surface area contributed by atoms with Crippen LogP contribution in [0, 0.1) is 11.8 Å². The maximum absolute atomic E-state index is 13.1. The van der Waals surface area contributed by atoms with Gasteiger partial charge in [-0.2, -0.15) is 0 Å². The molecule has 0 saturated carbocycles. The number of rotatable bonds is 5. The quantitative estimate of drug-likeness (QED) is 0.804. The Morgan fingerprint density at radius 1 is 1.23 bits per heavy atom. The topological polar surface area (TPSA) is 71.6 Å². The fourth-order valence-corrected chi connectivity index (χ4v) is 5.11. The molecule has 0 radical (unpaired) electrons. The first-order valence-corrected chi connectivity index (χ1v) is 11.4. The van der Waals surface area contributed by atoms with Crippen molar-refractivity contribution in [2.75, 3.05) is 26.7 Å². The first-order chi connectivity index (χ1) is 14.8. The normalized spacial score (nSPS) is 21.7. The molecule has 6 nitrogen and oxygen atoms in total. The highest BCUT2D eigenvalue weighted by molar-refractivity contribution is 6.04. The molecule has 2 aliphatic rings. The van der Waals surface area contributed by atoms with Crippen molar-refractivity contribution in [3.05, 3.63) is 41.6 Å². The molecule has 0 unspecified atom stereocenters. The molecule has 2 N–H and O–H groups in total. The van der Waals surface area contributed by atoms with Crippen LogP contribution in [0.1, 0.15) is 43.6 Å². The summed E-state index contributed by atoms with van der Waals surface area (Å²) in [7, 11) is 2.10. The van der Waals surface area contributed by atoms with E-state index in [2.05, 4.69) is 24.1 Å². The van der Waals surface area contributed by atoms with Crippen molar-refractivity contribution in [1.82, 2.24) is 14.4 Å². The van der Waals surface area contributed by atoms with Crippen molar-refractivity contribution in [2.45, 2.75) is 46.2 Å². The molecule has 0 spiro atoms. The van der Waals surface area contributed by atoms with Gasteiger partial charge in [0.15, 0.2) is 0 Å². The number of fused-ring (bicyclic) bond motifs is 2. The predicted octanol–water partition coefficient (Wildman–Crippen LogP) is 3.00. The molecule has 0 fully saturated rings. The summed E-state index contributed by atoms with van der Waals surface area (Å²) in [5, 5.41) is 1.12. The lowest BCUT2D eigenvalue weighted by Gasteiger charge is -2.40. The van der Waals surface area contributed by atoms with E-state index >= 15 is 0 Å². The molecule has 6 heteroatoms. The highest BCUT2D eigenvalue weighted by Gasteiger charge is 2.37. The SMILES string of the molecule is CCN(CC)C(=O)[C@@H]1C=C2c3cccc4c3c(cn4C(=O)[C@@H](N)C(C)C)C[C@H]2N(C)C1. The molecule has 0 bridgehead atoms. The summed E-state index contributed by atoms with van der Waals surface area (Å²) >= 11 is 0. The molecule has 2 heterocycles. The lowest BCUT2D eigenvalue weighted by Crippen LogP contribution is -2.47. The molecule has 1 aliphatic heterocycles. The van der Waals surface area contributed by atoms with Crippen LogP contribution in [0.15, 0.2) is 30.5 Å². The number of hydrogen-bond acceptors (Lipinski definition) is 4. The first-order valence-electron chi connectivity index (χ1n) is 11.4. The number of carbonyl (C=O) groups is 2. The van der Waals surface area contributed by atoms with Gasteiger partial charge in [-0.05, 0) is 56.0 Å². The van der Waals surface area contributed by atoms with Gasteiger partial charge < -0.3 is 10.6 Å². The van der Waals surface area contributed by atoms with Gasteiger partial charge in [-0.15, -0.1) is 0 Å². The van der Waals surface area contributed by atoms with Crippen molar-refractivity contribution < 1.29 is 9.59 Å². The van der Waals surface area contributed by atoms with Crippen molar-refractivity contribution in [2.24, 2.45) is 17.6 Å². The molecule has 166 valence electrons. The third-order valence-electron chi connectivity index (χ3n) is 7.02. The standard InChI is InChI=1S/C25H34N4O2/c1-6-28(7-2)24(30)17-11-19-18-9-8-10-20-22(18)16(12-21(19)27(5)13-17)14-29(20)25(31)23(26)15(3)4/h8-11,14-15,17,21,23H,6-7,12-13,26H2,1-5H3/t17-,21-,23+/m1/s1. The second kappa shape index (κ2) is 8.24. The minimum absolute atomic E-state index is 0.0646. The molecule has 3 atom stereocenters. The van der Waals surface area contributed by atoms with E-state index < -0.39 is 6.04 Å². The highest BCUT2D eigenvalue weighted by atomic mass is 16.2. The van der Waals surface area contributed by atoms with Gasteiger partial charge in [-0.1, -0.05) is 32.1 Å². The number of benzene rings is 1. The Kier molecular flexibility index (Phi) is 5.79. The van der Waals surface area contributed by atoms with Crippen molar-refractivity contribution in [3.63, 3.8) is 0 Å². The monoisotopic (exact) mass is 422 g/mol. The smallest absolute Gasteiger partial charge is 0.248 e.